The van der Waals surface area contributed by atoms with Crippen LogP contribution in [0.15, 0.2) is 11.6 Å². The third-order valence-electron chi connectivity index (χ3n) is 12.1. The Morgan fingerprint density at radius 1 is 1.03 bits per heavy atom. The molecule has 4 aliphatic carbocycles. The first-order valence-electron chi connectivity index (χ1n) is 14.3. The number of hydrogen-bond acceptors (Lipinski definition) is 3. The van der Waals surface area contributed by atoms with Crippen molar-refractivity contribution >= 4 is 5.97 Å². The molecule has 3 nitrogen and oxygen atoms in total. The largest absolute Gasteiger partial charge is 0.468 e. The zero-order chi connectivity index (χ0) is 25.1. The Morgan fingerprint density at radius 3 is 2.38 bits per heavy atom. The summed E-state index contributed by atoms with van der Waals surface area (Å²) in [6.45, 7) is 16.7. The van der Waals surface area contributed by atoms with E-state index >= 15 is 0 Å². The first-order valence-corrected chi connectivity index (χ1v) is 14.3. The first-order chi connectivity index (χ1) is 15.9. The molecule has 0 heterocycles. The number of rotatable bonds is 6. The predicted octanol–water partition coefficient (Wildman–Crippen LogP) is 7.57. The van der Waals surface area contributed by atoms with Gasteiger partial charge in [-0.15, -0.1) is 0 Å². The molecular formula is C31H52O3. The molecule has 3 heteroatoms. The number of fused-ring (bicyclic) bond motifs is 5. The van der Waals surface area contributed by atoms with E-state index in [1.54, 1.807) is 7.11 Å². The molecule has 0 aliphatic heterocycles. The Kier molecular flexibility index (Phi) is 6.89. The Morgan fingerprint density at radius 2 is 1.74 bits per heavy atom. The quantitative estimate of drug-likeness (QED) is 0.320. The van der Waals surface area contributed by atoms with E-state index < -0.39 is 5.41 Å². The number of ether oxygens (including phenoxy) is 1. The number of carbonyl (C=O) groups excluding carboxylic acids is 1. The maximum absolute atomic E-state index is 13.6. The van der Waals surface area contributed by atoms with Crippen molar-refractivity contribution in [1.82, 2.24) is 0 Å². The molecule has 1 N–H and O–H groups in total. The summed E-state index contributed by atoms with van der Waals surface area (Å²) in [6, 6.07) is 0. The molecule has 0 unspecified atom stereocenters. The summed E-state index contributed by atoms with van der Waals surface area (Å²) in [6.07, 6.45) is 13.5. The second-order valence-corrected chi connectivity index (χ2v) is 14.2. The van der Waals surface area contributed by atoms with Crippen LogP contribution in [0.3, 0.4) is 0 Å². The molecule has 0 bridgehead atoms. The summed E-state index contributed by atoms with van der Waals surface area (Å²) >= 11 is 0. The molecule has 4 aliphatic rings. The van der Waals surface area contributed by atoms with E-state index in [0.717, 1.165) is 43.4 Å². The smallest absolute Gasteiger partial charge is 0.316 e. The van der Waals surface area contributed by atoms with Crippen molar-refractivity contribution in [3.05, 3.63) is 11.6 Å². The van der Waals surface area contributed by atoms with Crippen molar-refractivity contribution in [2.75, 3.05) is 7.11 Å². The zero-order valence-corrected chi connectivity index (χ0v) is 23.4. The van der Waals surface area contributed by atoms with Gasteiger partial charge < -0.3 is 9.84 Å². The van der Waals surface area contributed by atoms with E-state index in [1.807, 2.05) is 0 Å². The van der Waals surface area contributed by atoms with Gasteiger partial charge in [-0.3, -0.25) is 4.79 Å². The minimum atomic E-state index is -0.550. The third-order valence-corrected chi connectivity index (χ3v) is 12.1. The molecule has 0 spiro atoms. The minimum Gasteiger partial charge on any atom is -0.468 e. The van der Waals surface area contributed by atoms with Crippen LogP contribution < -0.4 is 0 Å². The molecule has 0 aromatic heterocycles. The van der Waals surface area contributed by atoms with E-state index in [2.05, 4.69) is 54.5 Å². The molecule has 8 atom stereocenters. The van der Waals surface area contributed by atoms with Gasteiger partial charge in [0.05, 0.1) is 18.6 Å². The van der Waals surface area contributed by atoms with Crippen molar-refractivity contribution in [2.45, 2.75) is 119 Å². The zero-order valence-electron chi connectivity index (χ0n) is 23.4. The van der Waals surface area contributed by atoms with Crippen LogP contribution in [0.1, 0.15) is 113 Å². The van der Waals surface area contributed by atoms with Crippen molar-refractivity contribution in [3.8, 4) is 0 Å². The summed E-state index contributed by atoms with van der Waals surface area (Å²) in [5.74, 6) is 2.88. The summed E-state index contributed by atoms with van der Waals surface area (Å²) in [7, 11) is 1.56. The van der Waals surface area contributed by atoms with Gasteiger partial charge in [0.25, 0.3) is 0 Å². The molecule has 34 heavy (non-hydrogen) atoms. The topological polar surface area (TPSA) is 46.5 Å². The van der Waals surface area contributed by atoms with Crippen LogP contribution in [0.5, 0.6) is 0 Å². The van der Waals surface area contributed by atoms with Gasteiger partial charge >= 0.3 is 5.97 Å². The number of esters is 1. The van der Waals surface area contributed by atoms with Crippen LogP contribution in [-0.4, -0.2) is 24.3 Å². The van der Waals surface area contributed by atoms with Gasteiger partial charge in [-0.25, -0.2) is 0 Å². The maximum Gasteiger partial charge on any atom is 0.316 e. The number of allylic oxidation sites excluding steroid dienone is 1. The van der Waals surface area contributed by atoms with Gasteiger partial charge in [-0.1, -0.05) is 79.4 Å². The van der Waals surface area contributed by atoms with E-state index in [4.69, 9.17) is 4.74 Å². The Bertz CT molecular complexity index is 811. The lowest BCUT2D eigenvalue weighted by Crippen LogP contribution is -2.61. The summed E-state index contributed by atoms with van der Waals surface area (Å²) in [4.78, 5) is 13.6. The highest BCUT2D eigenvalue weighted by atomic mass is 16.5. The maximum atomic E-state index is 13.6. The summed E-state index contributed by atoms with van der Waals surface area (Å²) < 4.78 is 5.56. The monoisotopic (exact) mass is 472 g/mol. The Hall–Kier alpha value is -0.830. The number of methoxy groups -OCH3 is 1. The van der Waals surface area contributed by atoms with Gasteiger partial charge in [0.15, 0.2) is 0 Å². The molecule has 3 fully saturated rings. The first kappa shape index (κ1) is 26.2. The van der Waals surface area contributed by atoms with Crippen molar-refractivity contribution in [3.63, 3.8) is 0 Å². The Labute approximate surface area is 209 Å². The SMILES string of the molecule is COC(=O)[C@]12CC[C@H](O)C(C)(C)[C@@H]1CC[C@@H]1C2=CC[C@]2(C)[C@@H]([C@H](C)CCCC(C)C)CC[C@@]12C. The van der Waals surface area contributed by atoms with Gasteiger partial charge in [-0.2, -0.15) is 0 Å². The highest BCUT2D eigenvalue weighted by Gasteiger charge is 2.68. The molecule has 0 saturated heterocycles. The van der Waals surface area contributed by atoms with Gasteiger partial charge in [0, 0.05) is 0 Å². The van der Waals surface area contributed by atoms with Crippen LogP contribution in [0.4, 0.5) is 0 Å². The average Bonchev–Trinajstić information content (AvgIpc) is 3.06. The van der Waals surface area contributed by atoms with Gasteiger partial charge in [0.1, 0.15) is 0 Å². The summed E-state index contributed by atoms with van der Waals surface area (Å²) in [5.41, 5.74) is 1.10. The minimum absolute atomic E-state index is 0.0442. The number of aliphatic hydroxyl groups is 1. The lowest BCUT2D eigenvalue weighted by molar-refractivity contribution is -0.177. The van der Waals surface area contributed by atoms with Crippen molar-refractivity contribution < 1.29 is 14.6 Å². The predicted molar refractivity (Wildman–Crippen MR) is 139 cm³/mol. The second-order valence-electron chi connectivity index (χ2n) is 14.2. The molecule has 4 rings (SSSR count). The third kappa shape index (κ3) is 3.57. The normalized spacial score (nSPS) is 44.0. The Balaban J connectivity index is 1.70. The van der Waals surface area contributed by atoms with Crippen LogP contribution in [0, 0.1) is 51.2 Å². The highest BCUT2D eigenvalue weighted by molar-refractivity contribution is 5.82. The standard InChI is InChI=1S/C31H52O3/c1-20(2)10-9-11-21(3)22-14-17-30(7)23-12-13-25-28(4,5)26(32)16-19-31(25,27(33)34-8)24(23)15-18-29(22,30)6/h15,20-23,25-26,32H,9-14,16-19H2,1-8H3/t21-,22-,23-,25+,26+,29-,30+,31+/m1/s1. The molecule has 0 amide bonds. The molecule has 0 radical (unpaired) electrons. The van der Waals surface area contributed by atoms with Crippen LogP contribution in [0.2, 0.25) is 0 Å². The fourth-order valence-corrected chi connectivity index (χ4v) is 9.80. The lowest BCUT2D eigenvalue weighted by Gasteiger charge is -2.63. The molecule has 194 valence electrons. The fourth-order valence-electron chi connectivity index (χ4n) is 9.80. The molecule has 3 saturated carbocycles. The van der Waals surface area contributed by atoms with Crippen LogP contribution in [-0.2, 0) is 9.53 Å². The number of hydrogen-bond donors (Lipinski definition) is 1. The molecular weight excluding hydrogens is 420 g/mol. The van der Waals surface area contributed by atoms with Crippen molar-refractivity contribution in [2.24, 2.45) is 51.2 Å². The molecule has 0 aromatic rings. The van der Waals surface area contributed by atoms with Crippen molar-refractivity contribution in [1.29, 1.82) is 0 Å². The van der Waals surface area contributed by atoms with Crippen LogP contribution in [0.25, 0.3) is 0 Å². The summed E-state index contributed by atoms with van der Waals surface area (Å²) in [5, 5.41) is 10.9. The average molecular weight is 473 g/mol. The fraction of sp³-hybridized carbons (Fsp3) is 0.903. The van der Waals surface area contributed by atoms with Gasteiger partial charge in [0.2, 0.25) is 0 Å². The number of aliphatic hydroxyl groups excluding tert-OH is 1. The van der Waals surface area contributed by atoms with Gasteiger partial charge in [-0.05, 0) is 90.8 Å². The van der Waals surface area contributed by atoms with Crippen LogP contribution >= 0.6 is 0 Å². The lowest BCUT2D eigenvalue weighted by atomic mass is 9.40. The molecule has 0 aromatic carbocycles. The van der Waals surface area contributed by atoms with E-state index in [9.17, 15) is 9.90 Å². The van der Waals surface area contributed by atoms with E-state index in [-0.39, 0.29) is 28.8 Å². The number of carbonyl (C=O) groups is 1. The highest BCUT2D eigenvalue weighted by Crippen LogP contribution is 2.73. The second kappa shape index (κ2) is 8.93. The van der Waals surface area contributed by atoms with E-state index in [0.29, 0.717) is 17.8 Å². The van der Waals surface area contributed by atoms with E-state index in [1.165, 1.54) is 37.7 Å².